The first-order valence-corrected chi connectivity index (χ1v) is 19.3. The molecule has 0 bridgehead atoms. The van der Waals surface area contributed by atoms with Gasteiger partial charge in [-0.3, -0.25) is 4.79 Å². The van der Waals surface area contributed by atoms with Crippen molar-refractivity contribution in [2.45, 2.75) is 63.4 Å². The van der Waals surface area contributed by atoms with Crippen molar-refractivity contribution in [3.05, 3.63) is 107 Å². The standard InChI is InChI=1S/C42H54FN9O3/c1-27-23-52(40-34(27)20-31(47-3)22-48-40)32-12-16-49(17-13-32)26-42(43)14-18-50(19-15-42)41(54)30-10-8-29(9-11-30)38-24-51(28(2)25-55-38)36(39(45)46)21-35(44)33-6-4-5-7-37(33)53/h4-11,20-23,28,32,38,47,53H,12-19,24-26,44-46H2,1-3H3/b35-21-. The Balaban J connectivity index is 0.922. The fourth-order valence-corrected chi connectivity index (χ4v) is 8.32. The molecule has 7 rings (SSSR count). The zero-order valence-corrected chi connectivity index (χ0v) is 32.0. The minimum atomic E-state index is -1.32. The normalized spacial score (nSPS) is 21.1. The number of aryl methyl sites for hydroxylation is 1. The molecule has 4 aromatic rings. The topological polar surface area (TPSA) is 164 Å². The fraction of sp³-hybridized carbons (Fsp3) is 0.429. The number of allylic oxidation sites excluding steroid dienone is 1. The number of nitrogens with one attached hydrogen (secondary N) is 1. The highest BCUT2D eigenvalue weighted by atomic mass is 19.1. The lowest BCUT2D eigenvalue weighted by Gasteiger charge is -2.41. The Hall–Kier alpha value is -5.27. The molecule has 0 spiro atoms. The van der Waals surface area contributed by atoms with Crippen LogP contribution in [0.4, 0.5) is 10.1 Å². The summed E-state index contributed by atoms with van der Waals surface area (Å²) in [5.41, 5.74) is 23.4. The molecule has 0 aliphatic carbocycles. The van der Waals surface area contributed by atoms with Crippen LogP contribution in [-0.2, 0) is 4.74 Å². The number of hydrogen-bond donors (Lipinski definition) is 5. The molecule has 3 saturated heterocycles. The zero-order chi connectivity index (χ0) is 38.9. The van der Waals surface area contributed by atoms with Crippen LogP contribution in [0.1, 0.15) is 71.8 Å². The molecular weight excluding hydrogens is 698 g/mol. The van der Waals surface area contributed by atoms with Gasteiger partial charge in [0, 0.05) is 99.6 Å². The number of carbonyl (C=O) groups excluding carboxylic acids is 1. The van der Waals surface area contributed by atoms with E-state index in [1.54, 1.807) is 35.2 Å². The molecular formula is C42H54FN9O3. The van der Waals surface area contributed by atoms with Gasteiger partial charge in [0.2, 0.25) is 0 Å². The van der Waals surface area contributed by atoms with E-state index in [9.17, 15) is 9.90 Å². The van der Waals surface area contributed by atoms with Gasteiger partial charge in [-0.1, -0.05) is 24.3 Å². The Kier molecular flexibility index (Phi) is 10.9. The van der Waals surface area contributed by atoms with Crippen LogP contribution in [0.2, 0.25) is 0 Å². The molecule has 55 heavy (non-hydrogen) atoms. The highest BCUT2D eigenvalue weighted by molar-refractivity contribution is 5.94. The number of phenolic OH excluding ortho intramolecular Hbond substituents is 1. The second kappa shape index (κ2) is 15.8. The predicted octanol–water partition coefficient (Wildman–Crippen LogP) is 5.22. The lowest BCUT2D eigenvalue weighted by molar-refractivity contribution is -0.0457. The molecule has 3 fully saturated rings. The summed E-state index contributed by atoms with van der Waals surface area (Å²) in [6.45, 7) is 7.84. The second-order valence-electron chi connectivity index (χ2n) is 15.4. The number of para-hydroxylation sites is 1. The molecule has 2 unspecified atom stereocenters. The lowest BCUT2D eigenvalue weighted by atomic mass is 9.91. The number of carbonyl (C=O) groups is 1. The summed E-state index contributed by atoms with van der Waals surface area (Å²) in [4.78, 5) is 24.4. The molecule has 12 nitrogen and oxygen atoms in total. The molecule has 1 amide bonds. The summed E-state index contributed by atoms with van der Waals surface area (Å²) in [5, 5.41) is 14.6. The first kappa shape index (κ1) is 38.0. The van der Waals surface area contributed by atoms with Crippen LogP contribution in [0.15, 0.2) is 84.6 Å². The molecule has 3 aliphatic heterocycles. The monoisotopic (exact) mass is 751 g/mol. The van der Waals surface area contributed by atoms with Gasteiger partial charge in [0.25, 0.3) is 5.91 Å². The fourth-order valence-electron chi connectivity index (χ4n) is 8.32. The third kappa shape index (κ3) is 8.08. The number of nitrogens with zero attached hydrogens (tertiary/aromatic N) is 5. The molecule has 3 aliphatic rings. The van der Waals surface area contributed by atoms with Gasteiger partial charge in [-0.15, -0.1) is 0 Å². The van der Waals surface area contributed by atoms with Gasteiger partial charge in [0.1, 0.15) is 29.0 Å². The molecule has 292 valence electrons. The number of piperidine rings is 2. The first-order chi connectivity index (χ1) is 26.4. The maximum atomic E-state index is 16.2. The molecule has 2 atom stereocenters. The number of anilines is 1. The maximum absolute atomic E-state index is 16.2. The van der Waals surface area contributed by atoms with Crippen molar-refractivity contribution < 1.29 is 19.0 Å². The highest BCUT2D eigenvalue weighted by Gasteiger charge is 2.39. The van der Waals surface area contributed by atoms with Gasteiger partial charge >= 0.3 is 0 Å². The molecule has 5 heterocycles. The van der Waals surface area contributed by atoms with E-state index < -0.39 is 5.67 Å². The van der Waals surface area contributed by atoms with Crippen molar-refractivity contribution in [1.29, 1.82) is 0 Å². The minimum absolute atomic E-state index is 0.0454. The quantitative estimate of drug-likeness (QED) is 0.143. The Morgan fingerprint density at radius 3 is 2.45 bits per heavy atom. The van der Waals surface area contributed by atoms with Crippen LogP contribution in [0, 0.1) is 6.92 Å². The molecule has 13 heteroatoms. The summed E-state index contributed by atoms with van der Waals surface area (Å²) in [6.07, 6.45) is 7.99. The average molecular weight is 752 g/mol. The number of phenols is 1. The van der Waals surface area contributed by atoms with Crippen molar-refractivity contribution in [2.24, 2.45) is 17.2 Å². The number of alkyl halides is 1. The van der Waals surface area contributed by atoms with E-state index >= 15 is 4.39 Å². The third-order valence-electron chi connectivity index (χ3n) is 11.6. The number of likely N-dealkylation sites (tertiary alicyclic amines) is 2. The second-order valence-corrected chi connectivity index (χ2v) is 15.4. The number of halogens is 1. The van der Waals surface area contributed by atoms with Gasteiger partial charge in [-0.25, -0.2) is 9.37 Å². The van der Waals surface area contributed by atoms with Crippen molar-refractivity contribution >= 4 is 28.3 Å². The average Bonchev–Trinajstić information content (AvgIpc) is 3.52. The minimum Gasteiger partial charge on any atom is -0.507 e. The number of fused-ring (bicyclic) bond motifs is 1. The number of rotatable bonds is 9. The lowest BCUT2D eigenvalue weighted by Crippen LogP contribution is -2.51. The van der Waals surface area contributed by atoms with E-state index in [2.05, 4.69) is 38.9 Å². The van der Waals surface area contributed by atoms with E-state index in [-0.39, 0.29) is 29.6 Å². The number of aromatic hydroxyl groups is 1. The smallest absolute Gasteiger partial charge is 0.253 e. The van der Waals surface area contributed by atoms with Gasteiger partial charge in [-0.2, -0.15) is 0 Å². The SMILES string of the molecule is CNc1cnc2c(c1)c(C)cn2C1CCN(CC2(F)CCN(C(=O)c3ccc(C4CN(C(/C=C(\N)c5ccccc5O)=C(N)N)C(C)CO4)cc3)CC2)CC1. The van der Waals surface area contributed by atoms with Crippen LogP contribution < -0.4 is 22.5 Å². The van der Waals surface area contributed by atoms with Crippen LogP contribution in [0.5, 0.6) is 5.75 Å². The molecule has 2 aromatic carbocycles. The zero-order valence-electron chi connectivity index (χ0n) is 32.0. The largest absolute Gasteiger partial charge is 0.507 e. The third-order valence-corrected chi connectivity index (χ3v) is 11.6. The number of benzene rings is 2. The summed E-state index contributed by atoms with van der Waals surface area (Å²) in [6, 6.07) is 16.7. The number of pyridine rings is 1. The number of morpholine rings is 1. The van der Waals surface area contributed by atoms with Crippen molar-refractivity contribution in [2.75, 3.05) is 58.2 Å². The van der Waals surface area contributed by atoms with Crippen molar-refractivity contribution in [1.82, 2.24) is 24.3 Å². The molecule has 0 saturated carbocycles. The number of aromatic nitrogens is 2. The number of hydrogen-bond acceptors (Lipinski definition) is 10. The maximum Gasteiger partial charge on any atom is 0.253 e. The summed E-state index contributed by atoms with van der Waals surface area (Å²) < 4.78 is 24.8. The van der Waals surface area contributed by atoms with E-state index in [0.717, 1.165) is 48.2 Å². The van der Waals surface area contributed by atoms with Crippen LogP contribution in [0.3, 0.4) is 0 Å². The summed E-state index contributed by atoms with van der Waals surface area (Å²) in [5.74, 6) is 0.0755. The Bertz CT molecular complexity index is 2060. The Morgan fingerprint density at radius 2 is 1.78 bits per heavy atom. The van der Waals surface area contributed by atoms with Gasteiger partial charge in [0.15, 0.2) is 0 Å². The van der Waals surface area contributed by atoms with Gasteiger partial charge in [0.05, 0.1) is 24.2 Å². The van der Waals surface area contributed by atoms with Crippen LogP contribution in [0.25, 0.3) is 16.7 Å². The van der Waals surface area contributed by atoms with Gasteiger partial charge < -0.3 is 51.6 Å². The Labute approximate surface area is 322 Å². The van der Waals surface area contributed by atoms with E-state index in [1.165, 1.54) is 5.56 Å². The molecule has 0 radical (unpaired) electrons. The van der Waals surface area contributed by atoms with E-state index in [4.69, 9.17) is 26.9 Å². The van der Waals surface area contributed by atoms with E-state index in [1.807, 2.05) is 44.4 Å². The van der Waals surface area contributed by atoms with E-state index in [0.29, 0.717) is 74.2 Å². The Morgan fingerprint density at radius 1 is 1.07 bits per heavy atom. The van der Waals surface area contributed by atoms with Crippen LogP contribution in [-0.4, -0.2) is 99.9 Å². The molecule has 8 N–H and O–H groups in total. The number of ether oxygens (including phenoxy) is 1. The first-order valence-electron chi connectivity index (χ1n) is 19.3. The van der Waals surface area contributed by atoms with Crippen LogP contribution >= 0.6 is 0 Å². The highest BCUT2D eigenvalue weighted by Crippen LogP contribution is 2.35. The summed E-state index contributed by atoms with van der Waals surface area (Å²) >= 11 is 0. The van der Waals surface area contributed by atoms with Crippen molar-refractivity contribution in [3.8, 4) is 5.75 Å². The number of amides is 1. The molecule has 2 aromatic heterocycles. The number of nitrogens with two attached hydrogens (primary N) is 3. The van der Waals surface area contributed by atoms with Crippen molar-refractivity contribution in [3.63, 3.8) is 0 Å². The predicted molar refractivity (Wildman–Crippen MR) is 215 cm³/mol. The van der Waals surface area contributed by atoms with Gasteiger partial charge in [-0.05, 0) is 74.2 Å². The summed E-state index contributed by atoms with van der Waals surface area (Å²) in [7, 11) is 1.90.